The van der Waals surface area contributed by atoms with Crippen molar-refractivity contribution in [2.24, 2.45) is 0 Å². The lowest BCUT2D eigenvalue weighted by atomic mass is 10.1. The van der Waals surface area contributed by atoms with E-state index in [2.05, 4.69) is 19.2 Å². The highest BCUT2D eigenvalue weighted by atomic mass is 32.1. The molecule has 0 saturated heterocycles. The number of fused-ring (bicyclic) bond motifs is 1. The monoisotopic (exact) mass is 401 g/mol. The fraction of sp³-hybridized carbons (Fsp3) is 0.333. The third kappa shape index (κ3) is 3.42. The summed E-state index contributed by atoms with van der Waals surface area (Å²) in [6, 6.07) is 4.78. The first kappa shape index (κ1) is 18.7. The number of hydrogen-bond acceptors (Lipinski definition) is 4. The highest BCUT2D eigenvalue weighted by molar-refractivity contribution is 7.10. The lowest BCUT2D eigenvalue weighted by Crippen LogP contribution is -2.19. The molecule has 0 spiro atoms. The molecule has 0 unspecified atom stereocenters. The van der Waals surface area contributed by atoms with Gasteiger partial charge in [-0.3, -0.25) is 4.79 Å². The number of aromatic nitrogens is 1. The molecule has 0 amide bonds. The van der Waals surface area contributed by atoms with E-state index in [0.717, 1.165) is 23.8 Å². The van der Waals surface area contributed by atoms with E-state index < -0.39 is 17.2 Å². The number of rotatable bonds is 6. The molecule has 0 atom stereocenters. The molecule has 28 heavy (non-hydrogen) atoms. The summed E-state index contributed by atoms with van der Waals surface area (Å²) in [4.78, 5) is 24.9. The summed E-state index contributed by atoms with van der Waals surface area (Å²) < 4.78 is 22.1. The Hall–Kier alpha value is -2.67. The Bertz CT molecular complexity index is 1130. The molecule has 7 heteroatoms. The predicted octanol–water partition coefficient (Wildman–Crippen LogP) is 4.94. The van der Waals surface area contributed by atoms with Crippen LogP contribution in [0.2, 0.25) is 0 Å². The topological polar surface area (TPSA) is 68.5 Å². The highest BCUT2D eigenvalue weighted by Crippen LogP contribution is 2.38. The molecule has 0 aliphatic heterocycles. The quantitative estimate of drug-likeness (QED) is 0.635. The number of pyridine rings is 1. The van der Waals surface area contributed by atoms with Crippen molar-refractivity contribution in [3.8, 4) is 5.75 Å². The van der Waals surface area contributed by atoms with Gasteiger partial charge in [-0.15, -0.1) is 11.3 Å². The minimum Gasteiger partial charge on any atom is -0.485 e. The van der Waals surface area contributed by atoms with Gasteiger partial charge in [0.2, 0.25) is 5.43 Å². The van der Waals surface area contributed by atoms with Crippen molar-refractivity contribution in [1.29, 1.82) is 0 Å². The predicted molar refractivity (Wildman–Crippen MR) is 106 cm³/mol. The summed E-state index contributed by atoms with van der Waals surface area (Å²) in [7, 11) is 0. The zero-order chi connectivity index (χ0) is 20.0. The number of carbonyl (C=O) groups is 1. The minimum atomic E-state index is -1.30. The van der Waals surface area contributed by atoms with Crippen molar-refractivity contribution < 1.29 is 19.0 Å². The normalized spacial score (nSPS) is 14.0. The van der Waals surface area contributed by atoms with Gasteiger partial charge in [-0.1, -0.05) is 13.8 Å². The van der Waals surface area contributed by atoms with Crippen LogP contribution in [-0.2, 0) is 6.61 Å². The van der Waals surface area contributed by atoms with E-state index >= 15 is 0 Å². The van der Waals surface area contributed by atoms with E-state index in [1.165, 1.54) is 17.8 Å². The largest absolute Gasteiger partial charge is 0.485 e. The maximum absolute atomic E-state index is 14.6. The Morgan fingerprint density at radius 1 is 1.36 bits per heavy atom. The number of thiophene rings is 1. The van der Waals surface area contributed by atoms with Crippen molar-refractivity contribution in [2.45, 2.75) is 45.3 Å². The van der Waals surface area contributed by atoms with Gasteiger partial charge >= 0.3 is 5.97 Å². The van der Waals surface area contributed by atoms with Crippen molar-refractivity contribution in [1.82, 2.24) is 4.57 Å². The molecule has 1 aromatic carbocycles. The number of carboxylic acids is 1. The molecule has 4 rings (SSSR count). The molecule has 1 saturated carbocycles. The van der Waals surface area contributed by atoms with Gasteiger partial charge < -0.3 is 14.4 Å². The van der Waals surface area contributed by atoms with Crippen molar-refractivity contribution >= 4 is 28.2 Å². The first-order chi connectivity index (χ1) is 13.3. The number of benzene rings is 1. The summed E-state index contributed by atoms with van der Waals surface area (Å²) in [6.07, 6.45) is 3.16. The van der Waals surface area contributed by atoms with E-state index in [1.54, 1.807) is 15.9 Å². The van der Waals surface area contributed by atoms with Crippen LogP contribution in [0.1, 0.15) is 59.4 Å². The maximum atomic E-state index is 14.6. The zero-order valence-electron chi connectivity index (χ0n) is 15.6. The molecule has 3 aromatic rings. The Balaban J connectivity index is 1.72. The molecule has 1 N–H and O–H groups in total. The molecule has 0 bridgehead atoms. The van der Waals surface area contributed by atoms with E-state index in [-0.39, 0.29) is 29.3 Å². The van der Waals surface area contributed by atoms with Gasteiger partial charge in [0, 0.05) is 28.6 Å². The number of hydrogen-bond donors (Lipinski definition) is 1. The first-order valence-corrected chi connectivity index (χ1v) is 10.0. The van der Waals surface area contributed by atoms with Gasteiger partial charge in [0.15, 0.2) is 11.6 Å². The van der Waals surface area contributed by atoms with E-state index in [9.17, 15) is 19.1 Å². The van der Waals surface area contributed by atoms with Crippen molar-refractivity contribution in [2.75, 3.05) is 0 Å². The van der Waals surface area contributed by atoms with E-state index in [0.29, 0.717) is 11.4 Å². The fourth-order valence-corrected chi connectivity index (χ4v) is 4.15. The molecular weight excluding hydrogens is 381 g/mol. The van der Waals surface area contributed by atoms with Crippen LogP contribution in [0.3, 0.4) is 0 Å². The van der Waals surface area contributed by atoms with Gasteiger partial charge in [-0.25, -0.2) is 9.18 Å². The second-order valence-electron chi connectivity index (χ2n) is 7.41. The fourth-order valence-electron chi connectivity index (χ4n) is 3.19. The Kier molecular flexibility index (Phi) is 4.71. The lowest BCUT2D eigenvalue weighted by molar-refractivity contribution is 0.0695. The van der Waals surface area contributed by atoms with Gasteiger partial charge in [0.1, 0.15) is 12.2 Å². The van der Waals surface area contributed by atoms with Crippen LogP contribution < -0.4 is 10.2 Å². The summed E-state index contributed by atoms with van der Waals surface area (Å²) in [6.45, 7) is 4.46. The molecule has 1 fully saturated rings. The standard InChI is InChI=1S/C21H20FNO4S/c1-11(2)12-5-14(28-10-12)9-27-19-7-18-15(6-17(19)22)20(24)16(21(25)26)8-23(18)13-3-4-13/h5-8,10-11,13H,3-4,9H2,1-2H3,(H,25,26). The second kappa shape index (κ2) is 7.05. The van der Waals surface area contributed by atoms with Crippen LogP contribution in [0, 0.1) is 5.82 Å². The number of ether oxygens (including phenoxy) is 1. The van der Waals surface area contributed by atoms with E-state index in [1.807, 2.05) is 6.07 Å². The SMILES string of the molecule is CC(C)c1csc(COc2cc3c(cc2F)c(=O)c(C(=O)O)cn3C2CC2)c1. The Morgan fingerprint density at radius 2 is 2.11 bits per heavy atom. The Morgan fingerprint density at radius 3 is 2.71 bits per heavy atom. The smallest absolute Gasteiger partial charge is 0.341 e. The summed E-state index contributed by atoms with van der Waals surface area (Å²) >= 11 is 1.56. The molecule has 2 aromatic heterocycles. The van der Waals surface area contributed by atoms with Crippen LogP contribution in [0.4, 0.5) is 4.39 Å². The van der Waals surface area contributed by atoms with Crippen LogP contribution in [-0.4, -0.2) is 15.6 Å². The average Bonchev–Trinajstić information content (AvgIpc) is 3.37. The summed E-state index contributed by atoms with van der Waals surface area (Å²) in [5.74, 6) is -1.50. The first-order valence-electron chi connectivity index (χ1n) is 9.17. The maximum Gasteiger partial charge on any atom is 0.341 e. The molecule has 146 valence electrons. The van der Waals surface area contributed by atoms with Crippen LogP contribution in [0.25, 0.3) is 10.9 Å². The molecule has 5 nitrogen and oxygen atoms in total. The molecule has 0 radical (unpaired) electrons. The summed E-state index contributed by atoms with van der Waals surface area (Å²) in [5, 5.41) is 11.4. The van der Waals surface area contributed by atoms with Crippen LogP contribution >= 0.6 is 11.3 Å². The van der Waals surface area contributed by atoms with Crippen LogP contribution in [0.5, 0.6) is 5.75 Å². The third-order valence-corrected chi connectivity index (χ3v) is 5.90. The van der Waals surface area contributed by atoms with Crippen molar-refractivity contribution in [3.63, 3.8) is 0 Å². The van der Waals surface area contributed by atoms with Gasteiger partial charge in [-0.2, -0.15) is 0 Å². The number of nitrogens with zero attached hydrogens (tertiary/aromatic N) is 1. The minimum absolute atomic E-state index is 0.0591. The van der Waals surface area contributed by atoms with Gasteiger partial charge in [0.25, 0.3) is 0 Å². The number of carboxylic acid groups (broad SMARTS) is 1. The highest BCUT2D eigenvalue weighted by Gasteiger charge is 2.27. The van der Waals surface area contributed by atoms with Crippen LogP contribution in [0.15, 0.2) is 34.6 Å². The van der Waals surface area contributed by atoms with Crippen molar-refractivity contribution in [3.05, 3.63) is 61.8 Å². The van der Waals surface area contributed by atoms with Gasteiger partial charge in [-0.05, 0) is 41.8 Å². The molecule has 1 aliphatic carbocycles. The third-order valence-electron chi connectivity index (χ3n) is 4.97. The second-order valence-corrected chi connectivity index (χ2v) is 8.40. The number of aromatic carboxylic acids is 1. The molecule has 2 heterocycles. The average molecular weight is 401 g/mol. The molecule has 1 aliphatic rings. The summed E-state index contributed by atoms with van der Waals surface area (Å²) in [5.41, 5.74) is 0.700. The molecular formula is C21H20FNO4S. The van der Waals surface area contributed by atoms with E-state index in [4.69, 9.17) is 4.74 Å². The number of halogens is 1. The zero-order valence-corrected chi connectivity index (χ0v) is 16.4. The van der Waals surface area contributed by atoms with Gasteiger partial charge in [0.05, 0.1) is 5.52 Å². The lowest BCUT2D eigenvalue weighted by Gasteiger charge is -2.14. The Labute approximate surface area is 165 Å².